The summed E-state index contributed by atoms with van der Waals surface area (Å²) in [5.41, 5.74) is 3.40. The summed E-state index contributed by atoms with van der Waals surface area (Å²) in [5.74, 6) is -0.370. The molecule has 30 heavy (non-hydrogen) atoms. The van der Waals surface area contributed by atoms with E-state index >= 15 is 0 Å². The van der Waals surface area contributed by atoms with Crippen molar-refractivity contribution in [2.24, 2.45) is 11.8 Å². The van der Waals surface area contributed by atoms with Gasteiger partial charge in [0.25, 0.3) is 0 Å². The number of fused-ring (bicyclic) bond motifs is 1. The van der Waals surface area contributed by atoms with Gasteiger partial charge in [-0.2, -0.15) is 0 Å². The lowest BCUT2D eigenvalue weighted by molar-refractivity contribution is -0.122. The number of benzene rings is 2. The van der Waals surface area contributed by atoms with Crippen LogP contribution in [0.1, 0.15) is 42.6 Å². The Hall–Kier alpha value is -3.21. The molecule has 2 amide bonds. The molecule has 0 aromatic heterocycles. The summed E-state index contributed by atoms with van der Waals surface area (Å²) < 4.78 is 5.79. The zero-order chi connectivity index (χ0) is 21.4. The number of nitrogens with zero attached hydrogens (tertiary/aromatic N) is 1. The van der Waals surface area contributed by atoms with E-state index in [1.165, 1.54) is 4.90 Å². The Kier molecular flexibility index (Phi) is 5.29. The monoisotopic (exact) mass is 403 g/mol. The Bertz CT molecular complexity index is 1020. The number of anilines is 1. The SMILES string of the molecule is CC1=CC[C@H]2C(=O)N(c3ccc(O[C@@H](C)C(=O)c4ccc(C)cc4)cc3)C(=O)[C@H]2C1. The summed E-state index contributed by atoms with van der Waals surface area (Å²) in [4.78, 5) is 39.5. The third-order valence-electron chi connectivity index (χ3n) is 5.94. The third kappa shape index (κ3) is 3.67. The normalized spacial score (nSPS) is 21.8. The highest BCUT2D eigenvalue weighted by molar-refractivity contribution is 6.22. The van der Waals surface area contributed by atoms with E-state index in [0.29, 0.717) is 29.8 Å². The zero-order valence-electron chi connectivity index (χ0n) is 17.4. The fraction of sp³-hybridized carbons (Fsp3) is 0.320. The highest BCUT2D eigenvalue weighted by Crippen LogP contribution is 2.40. The highest BCUT2D eigenvalue weighted by Gasteiger charge is 2.48. The molecule has 0 unspecified atom stereocenters. The molecular weight excluding hydrogens is 378 g/mol. The molecule has 5 heteroatoms. The molecule has 0 radical (unpaired) electrons. The summed E-state index contributed by atoms with van der Waals surface area (Å²) in [5, 5.41) is 0. The number of imide groups is 1. The number of hydrogen-bond donors (Lipinski definition) is 0. The van der Waals surface area contributed by atoms with Crippen molar-refractivity contribution in [1.82, 2.24) is 0 Å². The van der Waals surface area contributed by atoms with Gasteiger partial charge in [-0.15, -0.1) is 0 Å². The van der Waals surface area contributed by atoms with Crippen LogP contribution in [0.25, 0.3) is 0 Å². The number of Topliss-reactive ketones (excluding diaryl/α,β-unsaturated/α-hetero) is 1. The molecule has 1 aliphatic heterocycles. The topological polar surface area (TPSA) is 63.7 Å². The first-order valence-corrected chi connectivity index (χ1v) is 10.3. The molecule has 2 aromatic carbocycles. The summed E-state index contributed by atoms with van der Waals surface area (Å²) in [6, 6.07) is 14.2. The van der Waals surface area contributed by atoms with Crippen LogP contribution in [0.3, 0.4) is 0 Å². The van der Waals surface area contributed by atoms with Gasteiger partial charge in [0.15, 0.2) is 6.10 Å². The van der Waals surface area contributed by atoms with Crippen molar-refractivity contribution in [3.8, 4) is 5.75 Å². The minimum absolute atomic E-state index is 0.101. The van der Waals surface area contributed by atoms with E-state index in [0.717, 1.165) is 11.1 Å². The van der Waals surface area contributed by atoms with Crippen molar-refractivity contribution >= 4 is 23.3 Å². The maximum absolute atomic E-state index is 12.8. The second-order valence-electron chi connectivity index (χ2n) is 8.20. The molecule has 0 saturated carbocycles. The van der Waals surface area contributed by atoms with Crippen molar-refractivity contribution in [2.45, 2.75) is 39.7 Å². The van der Waals surface area contributed by atoms with Crippen LogP contribution in [-0.4, -0.2) is 23.7 Å². The first-order valence-electron chi connectivity index (χ1n) is 10.3. The summed E-state index contributed by atoms with van der Waals surface area (Å²) in [6.45, 7) is 5.68. The van der Waals surface area contributed by atoms with Crippen LogP contribution in [0.2, 0.25) is 0 Å². The van der Waals surface area contributed by atoms with Gasteiger partial charge in [-0.3, -0.25) is 19.3 Å². The van der Waals surface area contributed by atoms with E-state index < -0.39 is 6.10 Å². The van der Waals surface area contributed by atoms with E-state index in [4.69, 9.17) is 4.74 Å². The molecule has 1 aliphatic carbocycles. The Balaban J connectivity index is 1.45. The van der Waals surface area contributed by atoms with Gasteiger partial charge in [0.1, 0.15) is 5.75 Å². The van der Waals surface area contributed by atoms with E-state index in [1.54, 1.807) is 43.3 Å². The number of carbonyl (C=O) groups is 3. The van der Waals surface area contributed by atoms with Crippen LogP contribution >= 0.6 is 0 Å². The van der Waals surface area contributed by atoms with Crippen LogP contribution < -0.4 is 9.64 Å². The molecule has 4 rings (SSSR count). The number of rotatable bonds is 5. The van der Waals surface area contributed by atoms with Gasteiger partial charge >= 0.3 is 0 Å². The molecule has 0 spiro atoms. The quantitative estimate of drug-likeness (QED) is 0.419. The maximum Gasteiger partial charge on any atom is 0.238 e. The second-order valence-corrected chi connectivity index (χ2v) is 8.20. The Morgan fingerprint density at radius 2 is 1.60 bits per heavy atom. The van der Waals surface area contributed by atoms with Crippen molar-refractivity contribution < 1.29 is 19.1 Å². The van der Waals surface area contributed by atoms with Crippen molar-refractivity contribution in [2.75, 3.05) is 4.90 Å². The second kappa shape index (κ2) is 7.90. The van der Waals surface area contributed by atoms with Crippen LogP contribution in [0.5, 0.6) is 5.75 Å². The number of allylic oxidation sites excluding steroid dienone is 2. The van der Waals surface area contributed by atoms with Gasteiger partial charge in [-0.1, -0.05) is 41.5 Å². The van der Waals surface area contributed by atoms with Gasteiger partial charge < -0.3 is 4.74 Å². The van der Waals surface area contributed by atoms with E-state index in [2.05, 4.69) is 6.08 Å². The van der Waals surface area contributed by atoms with Crippen LogP contribution in [0.15, 0.2) is 60.2 Å². The predicted octanol–water partition coefficient (Wildman–Crippen LogP) is 4.49. The fourth-order valence-corrected chi connectivity index (χ4v) is 4.18. The van der Waals surface area contributed by atoms with Gasteiger partial charge in [-0.25, -0.2) is 0 Å². The average Bonchev–Trinajstić information content (AvgIpc) is 2.98. The summed E-state index contributed by atoms with van der Waals surface area (Å²) in [7, 11) is 0. The average molecular weight is 403 g/mol. The first kappa shape index (κ1) is 20.1. The smallest absolute Gasteiger partial charge is 0.238 e. The number of aryl methyl sites for hydroxylation is 1. The molecule has 154 valence electrons. The van der Waals surface area contributed by atoms with E-state index in [1.807, 2.05) is 26.0 Å². The number of ether oxygens (including phenoxy) is 1. The number of ketones is 1. The van der Waals surface area contributed by atoms with Gasteiger partial charge in [-0.05, 0) is 57.9 Å². The largest absolute Gasteiger partial charge is 0.483 e. The highest BCUT2D eigenvalue weighted by atomic mass is 16.5. The third-order valence-corrected chi connectivity index (χ3v) is 5.94. The number of hydrogen-bond acceptors (Lipinski definition) is 4. The molecule has 2 aromatic rings. The first-order chi connectivity index (χ1) is 14.3. The molecule has 1 heterocycles. The zero-order valence-corrected chi connectivity index (χ0v) is 17.4. The van der Waals surface area contributed by atoms with E-state index in [9.17, 15) is 14.4 Å². The van der Waals surface area contributed by atoms with Crippen LogP contribution in [0.4, 0.5) is 5.69 Å². The van der Waals surface area contributed by atoms with Gasteiger partial charge in [0.05, 0.1) is 17.5 Å². The molecule has 0 bridgehead atoms. The Morgan fingerprint density at radius 3 is 2.27 bits per heavy atom. The molecule has 2 aliphatic rings. The van der Waals surface area contributed by atoms with E-state index in [-0.39, 0.29) is 29.4 Å². The van der Waals surface area contributed by atoms with Crippen molar-refractivity contribution in [3.05, 3.63) is 71.3 Å². The lowest BCUT2D eigenvalue weighted by atomic mass is 9.82. The lowest BCUT2D eigenvalue weighted by Gasteiger charge is -2.18. The molecule has 1 saturated heterocycles. The summed E-state index contributed by atoms with van der Waals surface area (Å²) >= 11 is 0. The fourth-order valence-electron chi connectivity index (χ4n) is 4.18. The molecule has 1 fully saturated rings. The standard InChI is InChI=1S/C25H25NO4/c1-15-4-7-18(8-5-15)23(27)17(3)30-20-11-9-19(10-12-20)26-24(28)21-13-6-16(2)14-22(21)25(26)29/h4-12,17,21-22H,13-14H2,1-3H3/t17-,21+,22-/m0/s1. The number of amides is 2. The Labute approximate surface area is 176 Å². The molecule has 0 N–H and O–H groups in total. The van der Waals surface area contributed by atoms with Gasteiger partial charge in [0, 0.05) is 5.56 Å². The lowest BCUT2D eigenvalue weighted by Crippen LogP contribution is -2.30. The molecule has 5 nitrogen and oxygen atoms in total. The van der Waals surface area contributed by atoms with Crippen LogP contribution in [0, 0.1) is 18.8 Å². The minimum atomic E-state index is -0.648. The van der Waals surface area contributed by atoms with Crippen molar-refractivity contribution in [1.29, 1.82) is 0 Å². The minimum Gasteiger partial charge on any atom is -0.483 e. The van der Waals surface area contributed by atoms with Crippen molar-refractivity contribution in [3.63, 3.8) is 0 Å². The Morgan fingerprint density at radius 1 is 0.967 bits per heavy atom. The van der Waals surface area contributed by atoms with Gasteiger partial charge in [0.2, 0.25) is 17.6 Å². The number of carbonyl (C=O) groups excluding carboxylic acids is 3. The molecular formula is C25H25NO4. The summed E-state index contributed by atoms with van der Waals surface area (Å²) in [6.07, 6.45) is 2.67. The molecule has 3 atom stereocenters. The van der Waals surface area contributed by atoms with Crippen LogP contribution in [-0.2, 0) is 9.59 Å². The predicted molar refractivity (Wildman–Crippen MR) is 115 cm³/mol. The maximum atomic E-state index is 12.8.